The largest absolute Gasteiger partial charge is 0.478 e. The summed E-state index contributed by atoms with van der Waals surface area (Å²) in [5, 5.41) is 8.41. The lowest BCUT2D eigenvalue weighted by Gasteiger charge is -2.04. The first kappa shape index (κ1) is 14.0. The van der Waals surface area contributed by atoms with Crippen LogP contribution in [0.15, 0.2) is 36.7 Å². The van der Waals surface area contributed by atoms with Crippen LogP contribution in [0, 0.1) is 5.82 Å². The van der Waals surface area contributed by atoms with Gasteiger partial charge in [-0.15, -0.1) is 0 Å². The lowest BCUT2D eigenvalue weighted by atomic mass is 10.3. The summed E-state index contributed by atoms with van der Waals surface area (Å²) in [6.07, 6.45) is 5.11. The lowest BCUT2D eigenvalue weighted by molar-refractivity contribution is -0.131. The van der Waals surface area contributed by atoms with Crippen molar-refractivity contribution >= 4 is 23.6 Å². The van der Waals surface area contributed by atoms with Crippen LogP contribution in [0.1, 0.15) is 5.56 Å². The van der Waals surface area contributed by atoms with Gasteiger partial charge in [-0.2, -0.15) is 0 Å². The Kier molecular flexibility index (Phi) is 4.27. The Morgan fingerprint density at radius 3 is 2.65 bits per heavy atom. The SMILES string of the molecule is O=C(O)/C=C/c1cnc(Oc2ccc(F)c(Cl)c2)nc1. The van der Waals surface area contributed by atoms with Crippen molar-refractivity contribution in [1.29, 1.82) is 0 Å². The van der Waals surface area contributed by atoms with E-state index in [1.165, 1.54) is 36.7 Å². The molecule has 2 aromatic rings. The highest BCUT2D eigenvalue weighted by Crippen LogP contribution is 2.24. The first-order valence-corrected chi connectivity index (χ1v) is 5.78. The van der Waals surface area contributed by atoms with Crippen molar-refractivity contribution in [3.8, 4) is 11.8 Å². The summed E-state index contributed by atoms with van der Waals surface area (Å²) in [4.78, 5) is 18.1. The van der Waals surface area contributed by atoms with E-state index < -0.39 is 11.8 Å². The van der Waals surface area contributed by atoms with Crippen LogP contribution in [-0.4, -0.2) is 21.0 Å². The molecule has 0 spiro atoms. The number of carbonyl (C=O) groups is 1. The summed E-state index contributed by atoms with van der Waals surface area (Å²) in [5.41, 5.74) is 0.511. The van der Waals surface area contributed by atoms with Crippen LogP contribution in [-0.2, 0) is 4.79 Å². The molecular formula is C13H8ClFN2O3. The van der Waals surface area contributed by atoms with E-state index in [0.717, 1.165) is 6.08 Å². The minimum Gasteiger partial charge on any atom is -0.478 e. The molecule has 0 saturated carbocycles. The predicted molar refractivity (Wildman–Crippen MR) is 70.2 cm³/mol. The van der Waals surface area contributed by atoms with Crippen molar-refractivity contribution in [2.45, 2.75) is 0 Å². The smallest absolute Gasteiger partial charge is 0.328 e. The zero-order valence-corrected chi connectivity index (χ0v) is 10.7. The van der Waals surface area contributed by atoms with Crippen molar-refractivity contribution < 1.29 is 19.0 Å². The molecule has 0 fully saturated rings. The number of aliphatic carboxylic acids is 1. The lowest BCUT2D eigenvalue weighted by Crippen LogP contribution is -1.93. The summed E-state index contributed by atoms with van der Waals surface area (Å²) < 4.78 is 18.2. The van der Waals surface area contributed by atoms with Gasteiger partial charge in [0.2, 0.25) is 0 Å². The molecule has 20 heavy (non-hydrogen) atoms. The molecule has 0 amide bonds. The maximum absolute atomic E-state index is 13.0. The summed E-state index contributed by atoms with van der Waals surface area (Å²) in [6, 6.07) is 3.91. The summed E-state index contributed by atoms with van der Waals surface area (Å²) in [6.45, 7) is 0. The van der Waals surface area contributed by atoms with Gasteiger partial charge in [0.25, 0.3) is 0 Å². The molecule has 1 aromatic carbocycles. The molecule has 0 aliphatic rings. The summed E-state index contributed by atoms with van der Waals surface area (Å²) in [7, 11) is 0. The third-order valence-electron chi connectivity index (χ3n) is 2.17. The molecule has 0 bridgehead atoms. The quantitative estimate of drug-likeness (QED) is 0.877. The first-order chi connectivity index (χ1) is 9.54. The van der Waals surface area contributed by atoms with E-state index >= 15 is 0 Å². The van der Waals surface area contributed by atoms with Crippen molar-refractivity contribution in [2.75, 3.05) is 0 Å². The molecule has 7 heteroatoms. The van der Waals surface area contributed by atoms with Gasteiger partial charge in [0.1, 0.15) is 11.6 Å². The van der Waals surface area contributed by atoms with Gasteiger partial charge < -0.3 is 9.84 Å². The second kappa shape index (κ2) is 6.12. The molecule has 0 aliphatic heterocycles. The topological polar surface area (TPSA) is 72.3 Å². The average Bonchev–Trinajstić information content (AvgIpc) is 2.42. The number of nitrogens with zero attached hydrogens (tertiary/aromatic N) is 2. The van der Waals surface area contributed by atoms with Crippen LogP contribution in [0.4, 0.5) is 4.39 Å². The highest BCUT2D eigenvalue weighted by molar-refractivity contribution is 6.30. The van der Waals surface area contributed by atoms with Crippen molar-refractivity contribution in [3.05, 3.63) is 53.1 Å². The van der Waals surface area contributed by atoms with Gasteiger partial charge in [-0.3, -0.25) is 0 Å². The van der Waals surface area contributed by atoms with Gasteiger partial charge in [-0.05, 0) is 18.2 Å². The van der Waals surface area contributed by atoms with Gasteiger partial charge in [0, 0.05) is 30.1 Å². The van der Waals surface area contributed by atoms with E-state index in [9.17, 15) is 9.18 Å². The number of rotatable bonds is 4. The van der Waals surface area contributed by atoms with E-state index in [2.05, 4.69) is 9.97 Å². The van der Waals surface area contributed by atoms with Gasteiger partial charge in [-0.1, -0.05) is 11.6 Å². The van der Waals surface area contributed by atoms with Gasteiger partial charge in [0.15, 0.2) is 0 Å². The molecule has 0 unspecified atom stereocenters. The van der Waals surface area contributed by atoms with Crippen LogP contribution < -0.4 is 4.74 Å². The molecule has 2 rings (SSSR count). The molecule has 1 aromatic heterocycles. The maximum Gasteiger partial charge on any atom is 0.328 e. The van der Waals surface area contributed by atoms with E-state index in [1.807, 2.05) is 0 Å². The summed E-state index contributed by atoms with van der Waals surface area (Å²) in [5.74, 6) is -1.31. The Bertz CT molecular complexity index is 659. The van der Waals surface area contributed by atoms with Crippen LogP contribution in [0.3, 0.4) is 0 Å². The fourth-order valence-electron chi connectivity index (χ4n) is 1.28. The molecule has 1 heterocycles. The third-order valence-corrected chi connectivity index (χ3v) is 2.46. The highest BCUT2D eigenvalue weighted by Gasteiger charge is 2.04. The fourth-order valence-corrected chi connectivity index (χ4v) is 1.45. The molecule has 0 radical (unpaired) electrons. The van der Waals surface area contributed by atoms with Crippen molar-refractivity contribution in [2.24, 2.45) is 0 Å². The zero-order valence-electron chi connectivity index (χ0n) is 9.96. The van der Waals surface area contributed by atoms with E-state index in [4.69, 9.17) is 21.4 Å². The van der Waals surface area contributed by atoms with Crippen LogP contribution >= 0.6 is 11.6 Å². The first-order valence-electron chi connectivity index (χ1n) is 5.40. The Labute approximate surface area is 118 Å². The number of carboxylic acid groups (broad SMARTS) is 1. The number of benzene rings is 1. The second-order valence-electron chi connectivity index (χ2n) is 3.65. The normalized spacial score (nSPS) is 10.7. The highest BCUT2D eigenvalue weighted by atomic mass is 35.5. The number of aromatic nitrogens is 2. The molecule has 1 N–H and O–H groups in total. The maximum atomic E-state index is 13.0. The van der Waals surface area contributed by atoms with Gasteiger partial charge in [-0.25, -0.2) is 19.2 Å². The van der Waals surface area contributed by atoms with Crippen LogP contribution in [0.25, 0.3) is 6.08 Å². The second-order valence-corrected chi connectivity index (χ2v) is 4.06. The number of hydrogen-bond acceptors (Lipinski definition) is 4. The average molecular weight is 295 g/mol. The zero-order chi connectivity index (χ0) is 14.5. The van der Waals surface area contributed by atoms with Crippen molar-refractivity contribution in [3.63, 3.8) is 0 Å². The van der Waals surface area contributed by atoms with E-state index in [1.54, 1.807) is 0 Å². The minimum atomic E-state index is -1.06. The van der Waals surface area contributed by atoms with Gasteiger partial charge in [0.05, 0.1) is 5.02 Å². The Morgan fingerprint density at radius 2 is 2.05 bits per heavy atom. The fraction of sp³-hybridized carbons (Fsp3) is 0. The number of hydrogen-bond donors (Lipinski definition) is 1. The third kappa shape index (κ3) is 3.76. The molecule has 0 aliphatic carbocycles. The Morgan fingerprint density at radius 1 is 1.35 bits per heavy atom. The molecule has 5 nitrogen and oxygen atoms in total. The van der Waals surface area contributed by atoms with E-state index in [-0.39, 0.29) is 11.0 Å². The van der Waals surface area contributed by atoms with Crippen LogP contribution in [0.2, 0.25) is 5.02 Å². The Hall–Kier alpha value is -2.47. The minimum absolute atomic E-state index is 0.0418. The van der Waals surface area contributed by atoms with Crippen LogP contribution in [0.5, 0.6) is 11.8 Å². The number of ether oxygens (including phenoxy) is 1. The molecule has 102 valence electrons. The number of carboxylic acids is 1. The Balaban J connectivity index is 2.10. The predicted octanol–water partition coefficient (Wildman–Crippen LogP) is 3.16. The van der Waals surface area contributed by atoms with Gasteiger partial charge >= 0.3 is 12.0 Å². The monoisotopic (exact) mass is 294 g/mol. The molecular weight excluding hydrogens is 287 g/mol. The van der Waals surface area contributed by atoms with Crippen molar-refractivity contribution in [1.82, 2.24) is 9.97 Å². The standard InChI is InChI=1S/C13H8ClFN2O3/c14-10-5-9(2-3-11(10)15)20-13-16-6-8(7-17-13)1-4-12(18)19/h1-7H,(H,18,19)/b4-1+. The molecule has 0 saturated heterocycles. The molecule has 0 atom stereocenters. The number of halogens is 2. The summed E-state index contributed by atoms with van der Waals surface area (Å²) >= 11 is 5.62. The van der Waals surface area contributed by atoms with E-state index in [0.29, 0.717) is 11.3 Å².